The highest BCUT2D eigenvalue weighted by atomic mass is 19.1. The Hall–Kier alpha value is -3.16. The standard InChI is InChI=1S/C19H23FN4O3/c1-4-21-19(22-12-14-6-5-7-16(10-14)24(25)26)23-13(2)15-8-9-18(27-3)17(20)11-15/h5-11,13H,4,12H2,1-3H3,(H2,21,22,23). The number of non-ortho nitro benzene ring substituents is 1. The summed E-state index contributed by atoms with van der Waals surface area (Å²) in [5, 5.41) is 17.2. The molecule has 0 aliphatic carbocycles. The first-order valence-electron chi connectivity index (χ1n) is 8.56. The second kappa shape index (κ2) is 9.51. The van der Waals surface area contributed by atoms with Crippen LogP contribution in [0.3, 0.4) is 0 Å². The van der Waals surface area contributed by atoms with E-state index in [2.05, 4.69) is 15.6 Å². The lowest BCUT2D eigenvalue weighted by Crippen LogP contribution is -2.38. The summed E-state index contributed by atoms with van der Waals surface area (Å²) >= 11 is 0. The van der Waals surface area contributed by atoms with Gasteiger partial charge in [0.1, 0.15) is 0 Å². The molecule has 2 aromatic carbocycles. The quantitative estimate of drug-likeness (QED) is 0.335. The fourth-order valence-corrected chi connectivity index (χ4v) is 2.50. The Kier molecular flexibility index (Phi) is 7.10. The fourth-order valence-electron chi connectivity index (χ4n) is 2.50. The predicted molar refractivity (Wildman–Crippen MR) is 102 cm³/mol. The zero-order valence-corrected chi connectivity index (χ0v) is 15.5. The number of nitrogens with one attached hydrogen (secondary N) is 2. The van der Waals surface area contributed by atoms with Gasteiger partial charge in [0, 0.05) is 18.7 Å². The van der Waals surface area contributed by atoms with Crippen LogP contribution in [0.5, 0.6) is 5.75 Å². The van der Waals surface area contributed by atoms with E-state index in [4.69, 9.17) is 4.74 Å². The zero-order valence-electron chi connectivity index (χ0n) is 15.5. The van der Waals surface area contributed by atoms with Gasteiger partial charge in [-0.25, -0.2) is 9.38 Å². The summed E-state index contributed by atoms with van der Waals surface area (Å²) in [7, 11) is 1.42. The first-order chi connectivity index (χ1) is 12.9. The van der Waals surface area contributed by atoms with Gasteiger partial charge in [0.05, 0.1) is 24.6 Å². The molecule has 2 aromatic rings. The number of rotatable bonds is 7. The molecule has 7 nitrogen and oxygen atoms in total. The van der Waals surface area contributed by atoms with E-state index >= 15 is 0 Å². The highest BCUT2D eigenvalue weighted by Gasteiger charge is 2.11. The first kappa shape index (κ1) is 20.2. The summed E-state index contributed by atoms with van der Waals surface area (Å²) in [6.45, 7) is 4.74. The van der Waals surface area contributed by atoms with Crippen molar-refractivity contribution < 1.29 is 14.1 Å². The summed E-state index contributed by atoms with van der Waals surface area (Å²) in [4.78, 5) is 14.9. The molecule has 0 fully saturated rings. The van der Waals surface area contributed by atoms with Gasteiger partial charge in [-0.1, -0.05) is 18.2 Å². The molecule has 144 valence electrons. The molecule has 1 unspecified atom stereocenters. The van der Waals surface area contributed by atoms with Crippen molar-refractivity contribution >= 4 is 11.6 Å². The van der Waals surface area contributed by atoms with Crippen LogP contribution in [0.25, 0.3) is 0 Å². The minimum absolute atomic E-state index is 0.0303. The Balaban J connectivity index is 2.12. The number of ether oxygens (including phenoxy) is 1. The summed E-state index contributed by atoms with van der Waals surface area (Å²) in [6.07, 6.45) is 0. The fraction of sp³-hybridized carbons (Fsp3) is 0.316. The van der Waals surface area contributed by atoms with Gasteiger partial charge in [-0.3, -0.25) is 10.1 Å². The van der Waals surface area contributed by atoms with E-state index in [1.165, 1.54) is 25.3 Å². The highest BCUT2D eigenvalue weighted by Crippen LogP contribution is 2.21. The smallest absolute Gasteiger partial charge is 0.269 e. The Labute approximate surface area is 157 Å². The number of benzene rings is 2. The molecule has 0 aliphatic heterocycles. The van der Waals surface area contributed by atoms with Crippen molar-refractivity contribution in [2.75, 3.05) is 13.7 Å². The number of guanidine groups is 1. The minimum atomic E-state index is -0.434. The summed E-state index contributed by atoms with van der Waals surface area (Å²) in [5.74, 6) is 0.298. The van der Waals surface area contributed by atoms with E-state index in [0.717, 1.165) is 11.1 Å². The van der Waals surface area contributed by atoms with E-state index in [1.807, 2.05) is 13.8 Å². The van der Waals surface area contributed by atoms with E-state index in [0.29, 0.717) is 12.5 Å². The van der Waals surface area contributed by atoms with Gasteiger partial charge in [-0.05, 0) is 37.1 Å². The van der Waals surface area contributed by atoms with E-state index in [1.54, 1.807) is 24.3 Å². The van der Waals surface area contributed by atoms with Crippen LogP contribution in [0.1, 0.15) is 31.0 Å². The molecular weight excluding hydrogens is 351 g/mol. The topological polar surface area (TPSA) is 88.8 Å². The average Bonchev–Trinajstić information content (AvgIpc) is 2.66. The van der Waals surface area contributed by atoms with Gasteiger partial charge in [0.2, 0.25) is 0 Å². The van der Waals surface area contributed by atoms with Crippen LogP contribution in [-0.4, -0.2) is 24.5 Å². The third-order valence-corrected chi connectivity index (χ3v) is 3.91. The van der Waals surface area contributed by atoms with Crippen molar-refractivity contribution in [2.45, 2.75) is 26.4 Å². The Morgan fingerprint density at radius 2 is 2.11 bits per heavy atom. The van der Waals surface area contributed by atoms with Crippen molar-refractivity contribution in [3.63, 3.8) is 0 Å². The van der Waals surface area contributed by atoms with Crippen LogP contribution in [0, 0.1) is 15.9 Å². The van der Waals surface area contributed by atoms with Crippen molar-refractivity contribution in [2.24, 2.45) is 4.99 Å². The molecule has 0 radical (unpaired) electrons. The highest BCUT2D eigenvalue weighted by molar-refractivity contribution is 5.80. The van der Waals surface area contributed by atoms with E-state index in [-0.39, 0.29) is 24.0 Å². The molecule has 2 N–H and O–H groups in total. The molecule has 0 amide bonds. The molecule has 0 saturated carbocycles. The van der Waals surface area contributed by atoms with E-state index < -0.39 is 10.7 Å². The summed E-state index contributed by atoms with van der Waals surface area (Å²) < 4.78 is 18.8. The van der Waals surface area contributed by atoms with E-state index in [9.17, 15) is 14.5 Å². The molecular formula is C19H23FN4O3. The predicted octanol–water partition coefficient (Wildman–Crippen LogP) is 3.56. The third-order valence-electron chi connectivity index (χ3n) is 3.91. The number of hydrogen-bond acceptors (Lipinski definition) is 4. The number of methoxy groups -OCH3 is 1. The Morgan fingerprint density at radius 1 is 1.33 bits per heavy atom. The van der Waals surface area contributed by atoms with Crippen LogP contribution in [-0.2, 0) is 6.54 Å². The molecule has 1 atom stereocenters. The lowest BCUT2D eigenvalue weighted by Gasteiger charge is -2.18. The van der Waals surface area contributed by atoms with Gasteiger partial charge in [-0.15, -0.1) is 0 Å². The van der Waals surface area contributed by atoms with Crippen molar-refractivity contribution in [3.05, 3.63) is 69.5 Å². The van der Waals surface area contributed by atoms with Crippen molar-refractivity contribution in [1.82, 2.24) is 10.6 Å². The molecule has 0 heterocycles. The van der Waals surface area contributed by atoms with Crippen LogP contribution >= 0.6 is 0 Å². The number of nitro groups is 1. The summed E-state index contributed by atoms with van der Waals surface area (Å²) in [6, 6.07) is 10.9. The zero-order chi connectivity index (χ0) is 19.8. The lowest BCUT2D eigenvalue weighted by atomic mass is 10.1. The largest absolute Gasteiger partial charge is 0.494 e. The second-order valence-electron chi connectivity index (χ2n) is 5.88. The number of nitrogens with zero attached hydrogens (tertiary/aromatic N) is 2. The maximum atomic E-state index is 13.9. The molecule has 0 spiro atoms. The molecule has 0 bridgehead atoms. The Bertz CT molecular complexity index is 826. The number of halogens is 1. The maximum absolute atomic E-state index is 13.9. The number of hydrogen-bond donors (Lipinski definition) is 2. The van der Waals surface area contributed by atoms with Crippen molar-refractivity contribution in [1.29, 1.82) is 0 Å². The molecule has 0 saturated heterocycles. The molecule has 27 heavy (non-hydrogen) atoms. The van der Waals surface area contributed by atoms with Crippen LogP contribution in [0.2, 0.25) is 0 Å². The maximum Gasteiger partial charge on any atom is 0.269 e. The monoisotopic (exact) mass is 374 g/mol. The van der Waals surface area contributed by atoms with Gasteiger partial charge in [-0.2, -0.15) is 0 Å². The normalized spacial score (nSPS) is 12.4. The first-order valence-corrected chi connectivity index (χ1v) is 8.56. The number of aliphatic imine (C=N–C) groups is 1. The number of nitro benzene ring substituents is 1. The van der Waals surface area contributed by atoms with Gasteiger partial charge >= 0.3 is 0 Å². The van der Waals surface area contributed by atoms with Crippen LogP contribution in [0.4, 0.5) is 10.1 Å². The van der Waals surface area contributed by atoms with Gasteiger partial charge in [0.15, 0.2) is 17.5 Å². The summed E-state index contributed by atoms with van der Waals surface area (Å²) in [5.41, 5.74) is 1.50. The molecule has 8 heteroatoms. The van der Waals surface area contributed by atoms with Gasteiger partial charge in [0.25, 0.3) is 5.69 Å². The van der Waals surface area contributed by atoms with Crippen LogP contribution in [0.15, 0.2) is 47.5 Å². The SMILES string of the molecule is CCNC(=NCc1cccc([N+](=O)[O-])c1)NC(C)c1ccc(OC)c(F)c1. The second-order valence-corrected chi connectivity index (χ2v) is 5.88. The lowest BCUT2D eigenvalue weighted by molar-refractivity contribution is -0.384. The average molecular weight is 374 g/mol. The minimum Gasteiger partial charge on any atom is -0.494 e. The van der Waals surface area contributed by atoms with Crippen LogP contribution < -0.4 is 15.4 Å². The van der Waals surface area contributed by atoms with Gasteiger partial charge < -0.3 is 15.4 Å². The molecule has 0 aromatic heterocycles. The molecule has 2 rings (SSSR count). The third kappa shape index (κ3) is 5.67. The molecule has 0 aliphatic rings. The van der Waals surface area contributed by atoms with Crippen molar-refractivity contribution in [3.8, 4) is 5.75 Å². The Morgan fingerprint density at radius 3 is 2.74 bits per heavy atom.